The van der Waals surface area contributed by atoms with Crippen LogP contribution in [-0.2, 0) is 4.79 Å². The van der Waals surface area contributed by atoms with E-state index in [0.29, 0.717) is 16.5 Å². The molecule has 0 radical (unpaired) electrons. The van der Waals surface area contributed by atoms with Crippen LogP contribution in [0.1, 0.15) is 11.1 Å². The van der Waals surface area contributed by atoms with E-state index in [1.54, 1.807) is 18.2 Å². The number of amides is 1. The first-order valence-electron chi connectivity index (χ1n) is 10.3. The SMILES string of the molecule is Cc1ccc(-c2nnc(SCC(=O)N/N=C/c3ccccc3[N+](=O)[O-])n2-c2ccccc2)cc1. The monoisotopic (exact) mass is 472 g/mol. The zero-order valence-corrected chi connectivity index (χ0v) is 19.0. The first-order valence-corrected chi connectivity index (χ1v) is 11.3. The van der Waals surface area contributed by atoms with Crippen molar-refractivity contribution in [2.75, 3.05) is 5.75 Å². The summed E-state index contributed by atoms with van der Waals surface area (Å²) in [5.41, 5.74) is 5.54. The molecule has 1 N–H and O–H groups in total. The molecule has 0 spiro atoms. The number of aromatic nitrogens is 3. The second-order valence-corrected chi connectivity index (χ2v) is 8.18. The number of hydrazone groups is 1. The number of nitrogens with one attached hydrogen (secondary N) is 1. The first kappa shape index (κ1) is 22.9. The molecule has 0 unspecified atom stereocenters. The number of nitro benzene ring substituents is 1. The molecule has 1 aromatic heterocycles. The first-order chi connectivity index (χ1) is 16.5. The maximum atomic E-state index is 12.4. The average molecular weight is 473 g/mol. The number of aryl methyl sites for hydroxylation is 1. The summed E-state index contributed by atoms with van der Waals surface area (Å²) in [6, 6.07) is 23.8. The molecule has 0 saturated carbocycles. The highest BCUT2D eigenvalue weighted by molar-refractivity contribution is 7.99. The lowest BCUT2D eigenvalue weighted by Crippen LogP contribution is -2.20. The molecule has 170 valence electrons. The maximum absolute atomic E-state index is 12.4. The molecule has 0 fully saturated rings. The Balaban J connectivity index is 1.49. The fraction of sp³-hybridized carbons (Fsp3) is 0.0833. The predicted octanol–water partition coefficient (Wildman–Crippen LogP) is 4.39. The summed E-state index contributed by atoms with van der Waals surface area (Å²) in [6.45, 7) is 2.02. The van der Waals surface area contributed by atoms with E-state index >= 15 is 0 Å². The quantitative estimate of drug-likeness (QED) is 0.176. The van der Waals surface area contributed by atoms with Crippen LogP contribution in [-0.4, -0.2) is 37.6 Å². The molecular formula is C24H20N6O3S. The smallest absolute Gasteiger partial charge is 0.272 e. The van der Waals surface area contributed by atoms with Gasteiger partial charge in [0.05, 0.1) is 22.5 Å². The number of thioether (sulfide) groups is 1. The highest BCUT2D eigenvalue weighted by atomic mass is 32.2. The van der Waals surface area contributed by atoms with Crippen LogP contribution in [0.15, 0.2) is 89.1 Å². The molecule has 1 heterocycles. The molecule has 9 nitrogen and oxygen atoms in total. The molecule has 34 heavy (non-hydrogen) atoms. The van der Waals surface area contributed by atoms with Gasteiger partial charge < -0.3 is 0 Å². The van der Waals surface area contributed by atoms with Crippen LogP contribution >= 0.6 is 11.8 Å². The molecule has 1 amide bonds. The molecule has 0 aliphatic heterocycles. The number of para-hydroxylation sites is 2. The summed E-state index contributed by atoms with van der Waals surface area (Å²) in [5, 5.41) is 24.2. The summed E-state index contributed by atoms with van der Waals surface area (Å²) in [4.78, 5) is 22.9. The van der Waals surface area contributed by atoms with Crippen LogP contribution in [0.3, 0.4) is 0 Å². The van der Waals surface area contributed by atoms with Gasteiger partial charge in [-0.25, -0.2) is 5.43 Å². The molecule has 0 saturated heterocycles. The van der Waals surface area contributed by atoms with Gasteiger partial charge in [0.1, 0.15) is 0 Å². The minimum Gasteiger partial charge on any atom is -0.272 e. The molecule has 4 aromatic rings. The van der Waals surface area contributed by atoms with E-state index in [-0.39, 0.29) is 17.3 Å². The minimum absolute atomic E-state index is 0.0348. The Morgan fingerprint density at radius 3 is 2.50 bits per heavy atom. The molecule has 0 bridgehead atoms. The summed E-state index contributed by atoms with van der Waals surface area (Å²) in [5.74, 6) is 0.329. The lowest BCUT2D eigenvalue weighted by molar-refractivity contribution is -0.385. The van der Waals surface area contributed by atoms with Crippen LogP contribution in [0.2, 0.25) is 0 Å². The average Bonchev–Trinajstić information content (AvgIpc) is 3.28. The number of hydrogen-bond acceptors (Lipinski definition) is 7. The number of benzene rings is 3. The van der Waals surface area contributed by atoms with E-state index in [1.165, 1.54) is 24.0 Å². The number of carbonyl (C=O) groups excluding carboxylic acids is 1. The zero-order valence-electron chi connectivity index (χ0n) is 18.2. The topological polar surface area (TPSA) is 115 Å². The van der Waals surface area contributed by atoms with Crippen molar-refractivity contribution in [3.05, 3.63) is 100 Å². The Labute approximate surface area is 199 Å². The van der Waals surface area contributed by atoms with E-state index in [9.17, 15) is 14.9 Å². The van der Waals surface area contributed by atoms with Gasteiger partial charge in [0.2, 0.25) is 0 Å². The fourth-order valence-corrected chi connectivity index (χ4v) is 3.91. The van der Waals surface area contributed by atoms with E-state index in [1.807, 2.05) is 66.1 Å². The van der Waals surface area contributed by atoms with Crippen molar-refractivity contribution < 1.29 is 9.72 Å². The Bertz CT molecular complexity index is 1340. The van der Waals surface area contributed by atoms with E-state index in [0.717, 1.165) is 16.8 Å². The Hall–Kier alpha value is -4.31. The Kier molecular flexibility index (Phi) is 7.09. The molecule has 3 aromatic carbocycles. The van der Waals surface area contributed by atoms with Gasteiger partial charge in [0.15, 0.2) is 11.0 Å². The van der Waals surface area contributed by atoms with Crippen molar-refractivity contribution in [2.45, 2.75) is 12.1 Å². The van der Waals surface area contributed by atoms with Gasteiger partial charge in [-0.2, -0.15) is 5.10 Å². The van der Waals surface area contributed by atoms with Gasteiger partial charge in [0.25, 0.3) is 11.6 Å². The number of nitrogens with zero attached hydrogens (tertiary/aromatic N) is 5. The standard InChI is InChI=1S/C24H20N6O3S/c1-17-11-13-18(14-12-17)23-27-28-24(29(23)20-8-3-2-4-9-20)34-16-22(31)26-25-15-19-7-5-6-10-21(19)30(32)33/h2-15H,16H2,1H3,(H,26,31)/b25-15+. The minimum atomic E-state index is -0.499. The van der Waals surface area contributed by atoms with Crippen molar-refractivity contribution in [1.29, 1.82) is 0 Å². The number of rotatable bonds is 8. The van der Waals surface area contributed by atoms with Crippen LogP contribution in [0.25, 0.3) is 17.1 Å². The summed E-state index contributed by atoms with van der Waals surface area (Å²) in [6.07, 6.45) is 1.25. The number of nitro groups is 1. The van der Waals surface area contributed by atoms with E-state index < -0.39 is 4.92 Å². The van der Waals surface area contributed by atoms with Gasteiger partial charge in [-0.05, 0) is 25.1 Å². The lowest BCUT2D eigenvalue weighted by atomic mass is 10.1. The predicted molar refractivity (Wildman–Crippen MR) is 131 cm³/mol. The van der Waals surface area contributed by atoms with Crippen LogP contribution < -0.4 is 5.43 Å². The van der Waals surface area contributed by atoms with Gasteiger partial charge in [0, 0.05) is 17.3 Å². The maximum Gasteiger partial charge on any atom is 0.278 e. The molecule has 0 aliphatic rings. The van der Waals surface area contributed by atoms with Crippen LogP contribution in [0, 0.1) is 17.0 Å². The van der Waals surface area contributed by atoms with Crippen molar-refractivity contribution in [3.8, 4) is 17.1 Å². The van der Waals surface area contributed by atoms with Gasteiger partial charge >= 0.3 is 0 Å². The van der Waals surface area contributed by atoms with Gasteiger partial charge in [-0.1, -0.05) is 71.9 Å². The van der Waals surface area contributed by atoms with Crippen LogP contribution in [0.4, 0.5) is 5.69 Å². The largest absolute Gasteiger partial charge is 0.278 e. The number of hydrogen-bond donors (Lipinski definition) is 1. The molecule has 0 aliphatic carbocycles. The molecular weight excluding hydrogens is 452 g/mol. The van der Waals surface area contributed by atoms with Gasteiger partial charge in [-0.15, -0.1) is 10.2 Å². The van der Waals surface area contributed by atoms with Crippen molar-refractivity contribution >= 4 is 29.6 Å². The normalized spacial score (nSPS) is 11.0. The summed E-state index contributed by atoms with van der Waals surface area (Å²) >= 11 is 1.22. The molecule has 10 heteroatoms. The van der Waals surface area contributed by atoms with E-state index in [4.69, 9.17) is 0 Å². The Morgan fingerprint density at radius 1 is 1.06 bits per heavy atom. The highest BCUT2D eigenvalue weighted by Gasteiger charge is 2.17. The third-order valence-electron chi connectivity index (χ3n) is 4.82. The van der Waals surface area contributed by atoms with Crippen molar-refractivity contribution in [2.24, 2.45) is 5.10 Å². The van der Waals surface area contributed by atoms with Crippen molar-refractivity contribution in [1.82, 2.24) is 20.2 Å². The molecule has 4 rings (SSSR count). The van der Waals surface area contributed by atoms with Crippen LogP contribution in [0.5, 0.6) is 0 Å². The zero-order chi connectivity index (χ0) is 23.9. The molecule has 0 atom stereocenters. The second-order valence-electron chi connectivity index (χ2n) is 7.24. The highest BCUT2D eigenvalue weighted by Crippen LogP contribution is 2.28. The third-order valence-corrected chi connectivity index (χ3v) is 5.75. The summed E-state index contributed by atoms with van der Waals surface area (Å²) < 4.78 is 1.90. The fourth-order valence-electron chi connectivity index (χ4n) is 3.16. The Morgan fingerprint density at radius 2 is 1.76 bits per heavy atom. The van der Waals surface area contributed by atoms with E-state index in [2.05, 4.69) is 20.7 Å². The second kappa shape index (κ2) is 10.5. The number of carbonyl (C=O) groups is 1. The lowest BCUT2D eigenvalue weighted by Gasteiger charge is -2.10. The summed E-state index contributed by atoms with van der Waals surface area (Å²) in [7, 11) is 0. The van der Waals surface area contributed by atoms with Crippen molar-refractivity contribution in [3.63, 3.8) is 0 Å². The third kappa shape index (κ3) is 5.36. The van der Waals surface area contributed by atoms with Gasteiger partial charge in [-0.3, -0.25) is 19.5 Å².